The summed E-state index contributed by atoms with van der Waals surface area (Å²) in [6.45, 7) is 1.80. The summed E-state index contributed by atoms with van der Waals surface area (Å²) in [5.41, 5.74) is 1.34. The van der Waals surface area contributed by atoms with Crippen LogP contribution in [-0.2, 0) is 9.59 Å². The van der Waals surface area contributed by atoms with E-state index in [0.29, 0.717) is 11.3 Å². The molecule has 32 heavy (non-hydrogen) atoms. The number of amides is 1. The van der Waals surface area contributed by atoms with E-state index in [1.165, 1.54) is 49.6 Å². The fraction of sp³-hybridized carbons (Fsp3) is 0.120. The molecule has 1 aliphatic rings. The minimum Gasteiger partial charge on any atom is -0.507 e. The molecule has 1 fully saturated rings. The van der Waals surface area contributed by atoms with Gasteiger partial charge in [-0.15, -0.1) is 0 Å². The number of aliphatic hydroxyl groups is 1. The average molecular weight is 435 g/mol. The minimum atomic E-state index is -1.09. The zero-order valence-electron chi connectivity index (χ0n) is 17.3. The molecule has 0 aromatic heterocycles. The summed E-state index contributed by atoms with van der Waals surface area (Å²) in [5.74, 6) is -3.10. The topological polar surface area (TPSA) is 66.8 Å². The smallest absolute Gasteiger partial charge is 0.300 e. The first-order valence-electron chi connectivity index (χ1n) is 9.79. The standard InChI is InChI=1S/C25H19F2NO4/c1-14-6-11-20(32-2)19(12-14)23(29)21-22(15-7-9-16(26)10-8-15)28(25(31)24(21)30)18-5-3-4-17(27)13-18/h3-13,22,29H,1-2H3/b23-21+. The van der Waals surface area contributed by atoms with E-state index >= 15 is 0 Å². The number of ketones is 1. The van der Waals surface area contributed by atoms with E-state index in [2.05, 4.69) is 0 Å². The van der Waals surface area contributed by atoms with Crippen molar-refractivity contribution in [2.45, 2.75) is 13.0 Å². The van der Waals surface area contributed by atoms with Gasteiger partial charge in [-0.2, -0.15) is 0 Å². The molecule has 0 saturated carbocycles. The zero-order valence-corrected chi connectivity index (χ0v) is 17.3. The molecule has 3 aromatic rings. The lowest BCUT2D eigenvalue weighted by Gasteiger charge is -2.25. The summed E-state index contributed by atoms with van der Waals surface area (Å²) in [5, 5.41) is 11.2. The predicted molar refractivity (Wildman–Crippen MR) is 115 cm³/mol. The van der Waals surface area contributed by atoms with Gasteiger partial charge in [-0.1, -0.05) is 29.8 Å². The fourth-order valence-electron chi connectivity index (χ4n) is 3.84. The molecule has 0 radical (unpaired) electrons. The molecule has 1 aliphatic heterocycles. The number of nitrogens with zero attached hydrogens (tertiary/aromatic N) is 1. The summed E-state index contributed by atoms with van der Waals surface area (Å²) in [6, 6.07) is 14.4. The number of hydrogen-bond donors (Lipinski definition) is 1. The molecular weight excluding hydrogens is 416 g/mol. The Bertz CT molecular complexity index is 1250. The Labute approximate surface area is 183 Å². The van der Waals surface area contributed by atoms with Gasteiger partial charge in [0.1, 0.15) is 23.1 Å². The van der Waals surface area contributed by atoms with Crippen LogP contribution in [0.2, 0.25) is 0 Å². The predicted octanol–water partition coefficient (Wildman–Crippen LogP) is 4.91. The maximum atomic E-state index is 13.9. The van der Waals surface area contributed by atoms with Crippen molar-refractivity contribution in [3.8, 4) is 5.75 Å². The van der Waals surface area contributed by atoms with Gasteiger partial charge in [-0.3, -0.25) is 14.5 Å². The molecule has 1 saturated heterocycles. The van der Waals surface area contributed by atoms with Crippen molar-refractivity contribution in [1.29, 1.82) is 0 Å². The number of aliphatic hydroxyl groups excluding tert-OH is 1. The number of Topliss-reactive ketones (excluding diaryl/α,β-unsaturated/α-hetero) is 1. The van der Waals surface area contributed by atoms with E-state index in [1.807, 2.05) is 0 Å². The third-order valence-corrected chi connectivity index (χ3v) is 5.33. The highest BCUT2D eigenvalue weighted by Crippen LogP contribution is 2.43. The molecule has 1 heterocycles. The summed E-state index contributed by atoms with van der Waals surface area (Å²) in [7, 11) is 1.42. The Kier molecular flexibility index (Phi) is 5.48. The van der Waals surface area contributed by atoms with Crippen LogP contribution in [0.4, 0.5) is 14.5 Å². The fourth-order valence-corrected chi connectivity index (χ4v) is 3.84. The molecule has 1 unspecified atom stereocenters. The molecule has 1 atom stereocenters. The lowest BCUT2D eigenvalue weighted by atomic mass is 9.94. The van der Waals surface area contributed by atoms with E-state index in [9.17, 15) is 23.5 Å². The van der Waals surface area contributed by atoms with Crippen LogP contribution in [-0.4, -0.2) is 23.9 Å². The summed E-state index contributed by atoms with van der Waals surface area (Å²) < 4.78 is 32.9. The van der Waals surface area contributed by atoms with Gasteiger partial charge < -0.3 is 9.84 Å². The van der Waals surface area contributed by atoms with Crippen LogP contribution in [0.1, 0.15) is 22.7 Å². The van der Waals surface area contributed by atoms with Crippen molar-refractivity contribution >= 4 is 23.1 Å². The molecule has 0 bridgehead atoms. The number of methoxy groups -OCH3 is 1. The highest BCUT2D eigenvalue weighted by atomic mass is 19.1. The Morgan fingerprint density at radius 2 is 1.69 bits per heavy atom. The monoisotopic (exact) mass is 435 g/mol. The number of carbonyl (C=O) groups excluding carboxylic acids is 2. The van der Waals surface area contributed by atoms with E-state index in [4.69, 9.17) is 4.74 Å². The number of benzene rings is 3. The Morgan fingerprint density at radius 3 is 2.34 bits per heavy atom. The van der Waals surface area contributed by atoms with Crippen LogP contribution in [0, 0.1) is 18.6 Å². The van der Waals surface area contributed by atoms with E-state index in [-0.39, 0.29) is 16.8 Å². The second-order valence-electron chi connectivity index (χ2n) is 7.40. The lowest BCUT2D eigenvalue weighted by molar-refractivity contribution is -0.132. The van der Waals surface area contributed by atoms with Crippen molar-refractivity contribution in [2.24, 2.45) is 0 Å². The molecule has 4 rings (SSSR count). The SMILES string of the molecule is COc1ccc(C)cc1/C(O)=C1\C(=O)C(=O)N(c2cccc(F)c2)C1c1ccc(F)cc1. The van der Waals surface area contributed by atoms with E-state index in [0.717, 1.165) is 16.5 Å². The van der Waals surface area contributed by atoms with Gasteiger partial charge in [-0.25, -0.2) is 8.78 Å². The molecule has 1 N–H and O–H groups in total. The van der Waals surface area contributed by atoms with Crippen LogP contribution in [0.25, 0.3) is 5.76 Å². The van der Waals surface area contributed by atoms with Crippen molar-refractivity contribution < 1.29 is 28.2 Å². The van der Waals surface area contributed by atoms with Crippen molar-refractivity contribution in [2.75, 3.05) is 12.0 Å². The Hall–Kier alpha value is -4.00. The van der Waals surface area contributed by atoms with Crippen molar-refractivity contribution in [3.05, 3.63) is 101 Å². The van der Waals surface area contributed by atoms with Crippen LogP contribution in [0.3, 0.4) is 0 Å². The van der Waals surface area contributed by atoms with E-state index < -0.39 is 35.1 Å². The highest BCUT2D eigenvalue weighted by molar-refractivity contribution is 6.51. The largest absolute Gasteiger partial charge is 0.507 e. The van der Waals surface area contributed by atoms with Crippen LogP contribution in [0.5, 0.6) is 5.75 Å². The summed E-state index contributed by atoms with van der Waals surface area (Å²) in [4.78, 5) is 27.2. The molecule has 3 aromatic carbocycles. The van der Waals surface area contributed by atoms with Gasteiger partial charge in [0.15, 0.2) is 0 Å². The molecule has 162 valence electrons. The molecule has 0 aliphatic carbocycles. The average Bonchev–Trinajstić information content (AvgIpc) is 3.04. The summed E-state index contributed by atoms with van der Waals surface area (Å²) >= 11 is 0. The van der Waals surface area contributed by atoms with Gasteiger partial charge >= 0.3 is 0 Å². The quantitative estimate of drug-likeness (QED) is 0.359. The van der Waals surface area contributed by atoms with Crippen molar-refractivity contribution in [3.63, 3.8) is 0 Å². The molecule has 1 amide bonds. The minimum absolute atomic E-state index is 0.136. The third kappa shape index (κ3) is 3.62. The highest BCUT2D eigenvalue weighted by Gasteiger charge is 2.47. The first-order chi connectivity index (χ1) is 15.3. The number of aryl methyl sites for hydroxylation is 1. The Morgan fingerprint density at radius 1 is 0.969 bits per heavy atom. The van der Waals surface area contributed by atoms with Gasteiger partial charge in [0.25, 0.3) is 11.7 Å². The number of rotatable bonds is 4. The van der Waals surface area contributed by atoms with Gasteiger partial charge in [-0.05, 0) is 55.0 Å². The lowest BCUT2D eigenvalue weighted by Crippen LogP contribution is -2.29. The zero-order chi connectivity index (χ0) is 23.0. The summed E-state index contributed by atoms with van der Waals surface area (Å²) in [6.07, 6.45) is 0. The maximum absolute atomic E-state index is 13.9. The number of ether oxygens (including phenoxy) is 1. The second-order valence-corrected chi connectivity index (χ2v) is 7.40. The van der Waals surface area contributed by atoms with Crippen LogP contribution >= 0.6 is 0 Å². The molecule has 7 heteroatoms. The van der Waals surface area contributed by atoms with Gasteiger partial charge in [0, 0.05) is 5.69 Å². The third-order valence-electron chi connectivity index (χ3n) is 5.33. The van der Waals surface area contributed by atoms with Crippen LogP contribution < -0.4 is 9.64 Å². The van der Waals surface area contributed by atoms with Gasteiger partial charge in [0.2, 0.25) is 0 Å². The number of hydrogen-bond acceptors (Lipinski definition) is 4. The maximum Gasteiger partial charge on any atom is 0.300 e. The van der Waals surface area contributed by atoms with Crippen molar-refractivity contribution in [1.82, 2.24) is 0 Å². The Balaban J connectivity index is 1.99. The first-order valence-corrected chi connectivity index (χ1v) is 9.79. The first kappa shape index (κ1) is 21.2. The molecule has 0 spiro atoms. The number of anilines is 1. The molecular formula is C25H19F2NO4. The molecule has 5 nitrogen and oxygen atoms in total. The normalized spacial score (nSPS) is 17.6. The number of halogens is 2. The van der Waals surface area contributed by atoms with Crippen LogP contribution in [0.15, 0.2) is 72.3 Å². The second kappa shape index (κ2) is 8.26. The number of carbonyl (C=O) groups is 2. The van der Waals surface area contributed by atoms with Gasteiger partial charge in [0.05, 0.1) is 24.3 Å². The van der Waals surface area contributed by atoms with E-state index in [1.54, 1.807) is 25.1 Å².